The van der Waals surface area contributed by atoms with E-state index in [0.29, 0.717) is 28.9 Å². The van der Waals surface area contributed by atoms with E-state index in [4.69, 9.17) is 13.7 Å². The monoisotopic (exact) mass is 459 g/mol. The Balaban J connectivity index is 1.93. The number of amides is 2. The van der Waals surface area contributed by atoms with Crippen molar-refractivity contribution in [2.45, 2.75) is 18.7 Å². The Morgan fingerprint density at radius 3 is 2.81 bits per heavy atom. The number of benzene rings is 2. The van der Waals surface area contributed by atoms with Crippen molar-refractivity contribution in [2.75, 3.05) is 23.5 Å². The first-order valence-electron chi connectivity index (χ1n) is 9.41. The van der Waals surface area contributed by atoms with Crippen molar-refractivity contribution in [3.8, 4) is 11.5 Å². The zero-order valence-corrected chi connectivity index (χ0v) is 18.4. The van der Waals surface area contributed by atoms with E-state index in [2.05, 4.69) is 14.4 Å². The number of hydrogen-bond acceptors (Lipinski definition) is 7. The van der Waals surface area contributed by atoms with Crippen LogP contribution in [0.5, 0.6) is 11.5 Å². The summed E-state index contributed by atoms with van der Waals surface area (Å²) in [7, 11) is 5.50. The Hall–Kier alpha value is -2.74. The molecule has 1 N–H and O–H groups in total. The van der Waals surface area contributed by atoms with E-state index < -0.39 is 18.4 Å². The first-order valence-corrected chi connectivity index (χ1v) is 11.4. The summed E-state index contributed by atoms with van der Waals surface area (Å²) in [6, 6.07) is 9.69. The summed E-state index contributed by atoms with van der Waals surface area (Å²) in [5.74, 6) is 0.201. The van der Waals surface area contributed by atoms with Gasteiger partial charge in [0.1, 0.15) is 0 Å². The molecule has 10 heteroatoms. The van der Waals surface area contributed by atoms with E-state index >= 15 is 0 Å². The fraction of sp³-hybridized carbons (Fsp3) is 0.238. The number of carbonyl (C=O) groups excluding carboxylic acids is 2. The van der Waals surface area contributed by atoms with Crippen molar-refractivity contribution in [3.63, 3.8) is 0 Å². The molecule has 4 rings (SSSR count). The third-order valence-corrected chi connectivity index (χ3v) is 5.80. The van der Waals surface area contributed by atoms with Crippen LogP contribution in [0.4, 0.5) is 16.2 Å². The van der Waals surface area contributed by atoms with Gasteiger partial charge >= 0.3 is 184 Å². The van der Waals surface area contributed by atoms with Gasteiger partial charge in [0.15, 0.2) is 0 Å². The number of aliphatic hydroxyl groups is 1. The molecule has 2 aliphatic rings. The molecule has 0 fully saturated rings. The summed E-state index contributed by atoms with van der Waals surface area (Å²) in [5, 5.41) is 11.3. The minimum absolute atomic E-state index is 0.0469. The molecule has 8 nitrogen and oxygen atoms in total. The van der Waals surface area contributed by atoms with Gasteiger partial charge in [-0.3, -0.25) is 0 Å². The Morgan fingerprint density at radius 1 is 1.32 bits per heavy atom. The number of anilines is 2. The van der Waals surface area contributed by atoms with Gasteiger partial charge in [-0.1, -0.05) is 0 Å². The molecular weight excluding hydrogens is 439 g/mol. The molecule has 162 valence electrons. The van der Waals surface area contributed by atoms with Crippen LogP contribution in [-0.4, -0.2) is 43.1 Å². The number of rotatable bonds is 4. The van der Waals surface area contributed by atoms with Crippen molar-refractivity contribution in [1.29, 1.82) is 0 Å². The molecule has 0 aliphatic carbocycles. The second-order valence-electron chi connectivity index (χ2n) is 6.92. The summed E-state index contributed by atoms with van der Waals surface area (Å²) < 4.78 is 16.1. The maximum atomic E-state index is 13.7. The van der Waals surface area contributed by atoms with Crippen molar-refractivity contribution < 1.29 is 28.4 Å². The first-order chi connectivity index (χ1) is 15.0. The van der Waals surface area contributed by atoms with Gasteiger partial charge in [0, 0.05) is 0 Å². The number of ether oxygens (including phenoxy) is 2. The number of thiol groups is 1. The zero-order valence-electron chi connectivity index (χ0n) is 16.6. The van der Waals surface area contributed by atoms with Crippen LogP contribution >= 0.6 is 7.81 Å². The molecule has 2 atom stereocenters. The van der Waals surface area contributed by atoms with Crippen LogP contribution in [0.1, 0.15) is 15.9 Å². The number of methoxy groups -OCH3 is 1. The molecule has 0 spiro atoms. The molecular formula is C21H20N2O6PS-. The fourth-order valence-corrected chi connectivity index (χ4v) is 4.45. The zero-order chi connectivity index (χ0) is 22.1. The van der Waals surface area contributed by atoms with Crippen LogP contribution in [0, 0.1) is 0 Å². The predicted molar refractivity (Wildman–Crippen MR) is 120 cm³/mol. The SMILES string of the molecule is C=CCOC(=O)N1c2cc(O[SH-]#P)c(OC)cc2C(=O)N2c3ccccc3C[C@H]2C1O. The van der Waals surface area contributed by atoms with Crippen molar-refractivity contribution in [3.05, 3.63) is 60.2 Å². The molecule has 2 heterocycles. The molecule has 0 radical (unpaired) electrons. The summed E-state index contributed by atoms with van der Waals surface area (Å²) in [6.45, 7) is 3.50. The van der Waals surface area contributed by atoms with E-state index in [1.54, 1.807) is 0 Å². The van der Waals surface area contributed by atoms with Gasteiger partial charge in [-0.2, -0.15) is 0 Å². The molecule has 0 saturated carbocycles. The number of aliphatic hydroxyl groups excluding tert-OH is 1. The number of carbonyl (C=O) groups is 2. The molecule has 2 aromatic carbocycles. The number of fused-ring (bicyclic) bond motifs is 4. The van der Waals surface area contributed by atoms with Gasteiger partial charge in [0.2, 0.25) is 0 Å². The third kappa shape index (κ3) is 3.63. The Kier molecular flexibility index (Phi) is 6.09. The molecule has 0 aromatic heterocycles. The molecule has 1 unspecified atom stereocenters. The summed E-state index contributed by atoms with van der Waals surface area (Å²) in [6.07, 6.45) is -0.352. The average molecular weight is 459 g/mol. The van der Waals surface area contributed by atoms with E-state index in [9.17, 15) is 14.7 Å². The average Bonchev–Trinajstić information content (AvgIpc) is 3.14. The van der Waals surface area contributed by atoms with Crippen LogP contribution in [0.15, 0.2) is 49.1 Å². The van der Waals surface area contributed by atoms with Crippen LogP contribution in [-0.2, 0) is 22.2 Å². The summed E-state index contributed by atoms with van der Waals surface area (Å²) in [4.78, 5) is 29.2. The predicted octanol–water partition coefficient (Wildman–Crippen LogP) is 3.16. The van der Waals surface area contributed by atoms with Gasteiger partial charge in [0.25, 0.3) is 0 Å². The molecule has 2 amide bonds. The molecule has 2 aromatic rings. The van der Waals surface area contributed by atoms with E-state index in [-0.39, 0.29) is 29.5 Å². The first kappa shape index (κ1) is 21.5. The fourth-order valence-electron chi connectivity index (χ4n) is 3.96. The van der Waals surface area contributed by atoms with Crippen molar-refractivity contribution in [1.82, 2.24) is 0 Å². The Labute approximate surface area is 184 Å². The second-order valence-corrected chi connectivity index (χ2v) is 7.75. The van der Waals surface area contributed by atoms with E-state index in [0.717, 1.165) is 10.5 Å². The molecule has 0 saturated heterocycles. The van der Waals surface area contributed by atoms with Crippen molar-refractivity contribution in [2.24, 2.45) is 0 Å². The quantitative estimate of drug-likeness (QED) is 0.327. The van der Waals surface area contributed by atoms with Crippen LogP contribution < -0.4 is 18.7 Å². The van der Waals surface area contributed by atoms with Crippen LogP contribution in [0.3, 0.4) is 0 Å². The summed E-state index contributed by atoms with van der Waals surface area (Å²) in [5.41, 5.74) is 1.93. The van der Waals surface area contributed by atoms with Gasteiger partial charge < -0.3 is 0 Å². The van der Waals surface area contributed by atoms with E-state index in [1.807, 2.05) is 24.3 Å². The summed E-state index contributed by atoms with van der Waals surface area (Å²) >= 11 is 0.294. The van der Waals surface area contributed by atoms with Crippen molar-refractivity contribution >= 4 is 42.2 Å². The van der Waals surface area contributed by atoms with E-state index in [1.165, 1.54) is 30.2 Å². The second kappa shape index (κ2) is 8.78. The van der Waals surface area contributed by atoms with Gasteiger partial charge in [-0.15, -0.1) is 0 Å². The normalized spacial score (nSPS) is 19.1. The molecule has 0 bridgehead atoms. The topological polar surface area (TPSA) is 88.5 Å². The Bertz CT molecular complexity index is 1120. The number of nitrogens with zero attached hydrogens (tertiary/aromatic N) is 2. The minimum atomic E-state index is -1.36. The maximum absolute atomic E-state index is 13.7. The van der Waals surface area contributed by atoms with Gasteiger partial charge in [-0.05, 0) is 0 Å². The van der Waals surface area contributed by atoms with Crippen LogP contribution in [0.2, 0.25) is 0 Å². The molecule has 31 heavy (non-hydrogen) atoms. The number of para-hydroxylation sites is 1. The number of hydrogen-bond donors (Lipinski definition) is 1. The Morgan fingerprint density at radius 2 is 2.10 bits per heavy atom. The standard InChI is InChI=1S/C21H20N2O6PS/c1-3-8-28-21(26)23-15-11-18(29-31-30)17(27-2)10-13(15)19(24)22-14-7-5-4-6-12(14)9-16(22)20(23)25/h3-7,10-11,16,20,25,31H,1,8-9H2,2H3/q-1/t16-,20?/m0/s1. The van der Waals surface area contributed by atoms with Crippen LogP contribution in [0.25, 0.3) is 0 Å². The third-order valence-electron chi connectivity index (χ3n) is 5.27. The van der Waals surface area contributed by atoms with Gasteiger partial charge in [0.05, 0.1) is 0 Å². The molecule has 2 aliphatic heterocycles. The van der Waals surface area contributed by atoms with Gasteiger partial charge in [-0.25, -0.2) is 0 Å².